The summed E-state index contributed by atoms with van der Waals surface area (Å²) in [6, 6.07) is 3.84. The van der Waals surface area contributed by atoms with Gasteiger partial charge < -0.3 is 14.8 Å². The van der Waals surface area contributed by atoms with Gasteiger partial charge in [-0.2, -0.15) is 0 Å². The van der Waals surface area contributed by atoms with Gasteiger partial charge in [0.2, 0.25) is 5.91 Å². The number of thiazole rings is 1. The molecular weight excluding hydrogens is 382 g/mol. The number of hydrogen-bond donors (Lipinski definition) is 2. The van der Waals surface area contributed by atoms with E-state index >= 15 is 0 Å². The first-order chi connectivity index (χ1) is 13.1. The number of nitrogens with one attached hydrogen (secondary N) is 2. The maximum atomic E-state index is 12.1. The largest absolute Gasteiger partial charge is 0.340 e. The molecule has 142 valence electrons. The van der Waals surface area contributed by atoms with Gasteiger partial charge >= 0.3 is 0 Å². The number of pyridine rings is 1. The molecule has 0 radical (unpaired) electrons. The predicted octanol–water partition coefficient (Wildman–Crippen LogP) is 1.06. The number of carbonyl (C=O) groups is 1. The molecule has 0 aromatic carbocycles. The highest BCUT2D eigenvalue weighted by atomic mass is 32.2. The minimum absolute atomic E-state index is 0.104. The fourth-order valence-corrected chi connectivity index (χ4v) is 3.78. The lowest BCUT2D eigenvalue weighted by Gasteiger charge is -2.11. The highest BCUT2D eigenvalue weighted by molar-refractivity contribution is 7.99. The number of carbonyl (C=O) groups excluding carboxylic acids is 1. The maximum Gasteiger partial charge on any atom is 0.236 e. The van der Waals surface area contributed by atoms with Crippen molar-refractivity contribution in [3.8, 4) is 11.4 Å². The molecule has 0 aliphatic heterocycles. The fourth-order valence-electron chi connectivity index (χ4n) is 2.47. The molecule has 3 aromatic rings. The van der Waals surface area contributed by atoms with Crippen molar-refractivity contribution >= 4 is 34.1 Å². The molecule has 1 amide bonds. The van der Waals surface area contributed by atoms with Gasteiger partial charge in [-0.05, 0) is 12.1 Å². The smallest absolute Gasteiger partial charge is 0.236 e. The van der Waals surface area contributed by atoms with Crippen LogP contribution in [0.5, 0.6) is 0 Å². The number of anilines is 1. The molecule has 0 atom stereocenters. The Morgan fingerprint density at radius 3 is 2.78 bits per heavy atom. The van der Waals surface area contributed by atoms with Crippen LogP contribution in [-0.2, 0) is 11.3 Å². The van der Waals surface area contributed by atoms with E-state index in [1.54, 1.807) is 18.6 Å². The van der Waals surface area contributed by atoms with Crippen molar-refractivity contribution in [2.75, 3.05) is 31.7 Å². The Hall–Kier alpha value is -2.30. The Morgan fingerprint density at radius 1 is 1.26 bits per heavy atom. The van der Waals surface area contributed by atoms with Gasteiger partial charge in [-0.25, -0.2) is 4.98 Å². The lowest BCUT2D eigenvalue weighted by Crippen LogP contribution is -3.05. The molecule has 0 aliphatic rings. The summed E-state index contributed by atoms with van der Waals surface area (Å²) in [5.74, 6) is 0.953. The van der Waals surface area contributed by atoms with Crippen LogP contribution >= 0.6 is 23.1 Å². The van der Waals surface area contributed by atoms with Crippen LogP contribution in [0, 0.1) is 0 Å². The first-order valence-electron chi connectivity index (χ1n) is 8.58. The van der Waals surface area contributed by atoms with Gasteiger partial charge in [-0.3, -0.25) is 9.78 Å². The van der Waals surface area contributed by atoms with Crippen LogP contribution in [0.3, 0.4) is 0 Å². The van der Waals surface area contributed by atoms with Crippen molar-refractivity contribution in [2.24, 2.45) is 0 Å². The molecule has 27 heavy (non-hydrogen) atoms. The van der Waals surface area contributed by atoms with Gasteiger partial charge in [0.15, 0.2) is 16.1 Å². The van der Waals surface area contributed by atoms with Crippen molar-refractivity contribution in [3.63, 3.8) is 0 Å². The standard InChI is InChI=1S/C17H21N7OS2/c1-23(2)9-3-10-24-15(13-4-6-18-7-5-13)21-22-17(24)27-12-14(25)20-16-19-8-11-26-16/h4-8,11H,3,9-10,12H2,1-2H3,(H,19,20,25)/p+1. The number of hydrogen-bond acceptors (Lipinski definition) is 7. The van der Waals surface area contributed by atoms with E-state index in [4.69, 9.17) is 0 Å². The topological polar surface area (TPSA) is 90.0 Å². The molecule has 3 aromatic heterocycles. The second-order valence-electron chi connectivity index (χ2n) is 6.18. The van der Waals surface area contributed by atoms with E-state index in [0.29, 0.717) is 5.13 Å². The fraction of sp³-hybridized carbons (Fsp3) is 0.353. The Bertz CT molecular complexity index is 850. The van der Waals surface area contributed by atoms with E-state index < -0.39 is 0 Å². The van der Waals surface area contributed by atoms with Gasteiger partial charge in [0.05, 0.1) is 26.4 Å². The van der Waals surface area contributed by atoms with E-state index in [1.165, 1.54) is 28.0 Å². The Balaban J connectivity index is 1.71. The summed E-state index contributed by atoms with van der Waals surface area (Å²) in [4.78, 5) is 21.7. The minimum Gasteiger partial charge on any atom is -0.340 e. The van der Waals surface area contributed by atoms with E-state index in [9.17, 15) is 4.79 Å². The van der Waals surface area contributed by atoms with E-state index in [-0.39, 0.29) is 11.7 Å². The summed E-state index contributed by atoms with van der Waals surface area (Å²) >= 11 is 2.78. The van der Waals surface area contributed by atoms with E-state index in [2.05, 4.69) is 44.1 Å². The van der Waals surface area contributed by atoms with Crippen molar-refractivity contribution < 1.29 is 9.69 Å². The Labute approximate surface area is 166 Å². The van der Waals surface area contributed by atoms with Crippen molar-refractivity contribution in [1.29, 1.82) is 0 Å². The lowest BCUT2D eigenvalue weighted by atomic mass is 10.2. The summed E-state index contributed by atoms with van der Waals surface area (Å²) in [5.41, 5.74) is 0.966. The minimum atomic E-state index is -0.104. The van der Waals surface area contributed by atoms with E-state index in [0.717, 1.165) is 36.1 Å². The normalized spacial score (nSPS) is 11.1. The van der Waals surface area contributed by atoms with Gasteiger partial charge in [-0.1, -0.05) is 11.8 Å². The zero-order valence-electron chi connectivity index (χ0n) is 15.3. The van der Waals surface area contributed by atoms with Crippen LogP contribution in [0.15, 0.2) is 41.3 Å². The molecule has 0 unspecified atom stereocenters. The first kappa shape index (κ1) is 19.5. The van der Waals surface area contributed by atoms with Crippen LogP contribution < -0.4 is 10.2 Å². The first-order valence-corrected chi connectivity index (χ1v) is 10.4. The van der Waals surface area contributed by atoms with Crippen LogP contribution in [0.1, 0.15) is 6.42 Å². The molecule has 0 fully saturated rings. The van der Waals surface area contributed by atoms with Crippen molar-refractivity contribution in [1.82, 2.24) is 24.7 Å². The average molecular weight is 405 g/mol. The predicted molar refractivity (Wildman–Crippen MR) is 107 cm³/mol. The quantitative estimate of drug-likeness (QED) is 0.519. The molecule has 3 heterocycles. The highest BCUT2D eigenvalue weighted by Gasteiger charge is 2.16. The summed E-state index contributed by atoms with van der Waals surface area (Å²) in [7, 11) is 4.27. The summed E-state index contributed by atoms with van der Waals surface area (Å²) < 4.78 is 2.08. The van der Waals surface area contributed by atoms with Gasteiger partial charge in [0.25, 0.3) is 0 Å². The SMILES string of the molecule is C[NH+](C)CCCn1c(SCC(=O)Nc2nccs2)nnc1-c1ccncc1. The van der Waals surface area contributed by atoms with Gasteiger partial charge in [-0.15, -0.1) is 21.5 Å². The van der Waals surface area contributed by atoms with Crippen LogP contribution in [0.4, 0.5) is 5.13 Å². The third kappa shape index (κ3) is 5.59. The maximum absolute atomic E-state index is 12.1. The number of nitrogens with zero attached hydrogens (tertiary/aromatic N) is 5. The molecule has 0 bridgehead atoms. The highest BCUT2D eigenvalue weighted by Crippen LogP contribution is 2.24. The lowest BCUT2D eigenvalue weighted by molar-refractivity contribution is -0.858. The molecule has 8 nitrogen and oxygen atoms in total. The Kier molecular flexibility index (Phi) is 6.91. The molecule has 0 saturated carbocycles. The number of amides is 1. The number of rotatable bonds is 9. The Morgan fingerprint density at radius 2 is 2.07 bits per heavy atom. The molecule has 0 saturated heterocycles. The molecule has 0 aliphatic carbocycles. The van der Waals surface area contributed by atoms with E-state index in [1.807, 2.05) is 17.5 Å². The summed E-state index contributed by atoms with van der Waals surface area (Å²) in [6.45, 7) is 1.84. The van der Waals surface area contributed by atoms with Gasteiger partial charge in [0, 0.05) is 42.5 Å². The summed E-state index contributed by atoms with van der Waals surface area (Å²) in [6.07, 6.45) is 6.15. The number of quaternary nitrogens is 1. The number of aromatic nitrogens is 5. The number of thioether (sulfide) groups is 1. The van der Waals surface area contributed by atoms with Crippen molar-refractivity contribution in [3.05, 3.63) is 36.1 Å². The monoisotopic (exact) mass is 404 g/mol. The third-order valence-electron chi connectivity index (χ3n) is 3.72. The second kappa shape index (κ2) is 9.58. The molecule has 0 spiro atoms. The second-order valence-corrected chi connectivity index (χ2v) is 8.02. The molecule has 3 rings (SSSR count). The zero-order valence-corrected chi connectivity index (χ0v) is 16.9. The molecular formula is C17H22N7OS2+. The van der Waals surface area contributed by atoms with Crippen LogP contribution in [0.2, 0.25) is 0 Å². The third-order valence-corrected chi connectivity index (χ3v) is 5.38. The molecule has 2 N–H and O–H groups in total. The van der Waals surface area contributed by atoms with Gasteiger partial charge in [0.1, 0.15) is 0 Å². The van der Waals surface area contributed by atoms with Crippen LogP contribution in [-0.4, -0.2) is 57.0 Å². The zero-order chi connectivity index (χ0) is 19.1. The van der Waals surface area contributed by atoms with Crippen LogP contribution in [0.25, 0.3) is 11.4 Å². The molecule has 10 heteroatoms. The van der Waals surface area contributed by atoms with Crippen molar-refractivity contribution in [2.45, 2.75) is 18.1 Å². The summed E-state index contributed by atoms with van der Waals surface area (Å²) in [5, 5.41) is 14.6. The average Bonchev–Trinajstić information content (AvgIpc) is 3.30.